The molecule has 1 fully saturated rings. The molecule has 1 rings (SSSR count). The van der Waals surface area contributed by atoms with Gasteiger partial charge in [-0.1, -0.05) is 6.08 Å². The van der Waals surface area contributed by atoms with Crippen LogP contribution in [0.25, 0.3) is 0 Å². The Balaban J connectivity index is 1.99. The minimum absolute atomic E-state index is 0.0845. The standard InChI is InChI=1S/C10H17NO2/c1-2-3-4-10(13)11-7-8-5-9(12)6-8/h2,8-9,12H,1,3-7H2,(H,11,13). The number of allylic oxidation sites excluding steroid dienone is 1. The van der Waals surface area contributed by atoms with Crippen molar-refractivity contribution in [2.24, 2.45) is 5.92 Å². The zero-order chi connectivity index (χ0) is 9.68. The molecule has 0 heterocycles. The van der Waals surface area contributed by atoms with E-state index < -0.39 is 0 Å². The van der Waals surface area contributed by atoms with Crippen LogP contribution in [0.3, 0.4) is 0 Å². The fourth-order valence-corrected chi connectivity index (χ4v) is 1.45. The number of hydrogen-bond donors (Lipinski definition) is 2. The number of aliphatic hydroxyl groups is 1. The molecule has 0 aromatic rings. The summed E-state index contributed by atoms with van der Waals surface area (Å²) in [4.78, 5) is 11.1. The Morgan fingerprint density at radius 1 is 1.62 bits per heavy atom. The van der Waals surface area contributed by atoms with Crippen molar-refractivity contribution in [3.05, 3.63) is 12.7 Å². The summed E-state index contributed by atoms with van der Waals surface area (Å²) < 4.78 is 0. The fraction of sp³-hybridized carbons (Fsp3) is 0.700. The Bertz CT molecular complexity index is 185. The van der Waals surface area contributed by atoms with E-state index in [1.807, 2.05) is 0 Å². The molecule has 1 aliphatic rings. The highest BCUT2D eigenvalue weighted by atomic mass is 16.3. The predicted molar refractivity (Wildman–Crippen MR) is 51.2 cm³/mol. The van der Waals surface area contributed by atoms with E-state index in [2.05, 4.69) is 11.9 Å². The highest BCUT2D eigenvalue weighted by Gasteiger charge is 2.26. The van der Waals surface area contributed by atoms with Crippen LogP contribution >= 0.6 is 0 Å². The first-order valence-electron chi connectivity index (χ1n) is 4.78. The maximum atomic E-state index is 11.1. The number of carbonyl (C=O) groups is 1. The third-order valence-corrected chi connectivity index (χ3v) is 2.37. The Labute approximate surface area is 78.8 Å². The second kappa shape index (κ2) is 5.02. The average molecular weight is 183 g/mol. The molecule has 0 atom stereocenters. The van der Waals surface area contributed by atoms with Crippen LogP contribution in [0.2, 0.25) is 0 Å². The van der Waals surface area contributed by atoms with Gasteiger partial charge in [-0.25, -0.2) is 0 Å². The van der Waals surface area contributed by atoms with Crippen LogP contribution in [0.5, 0.6) is 0 Å². The SMILES string of the molecule is C=CCCC(=O)NCC1CC(O)C1. The van der Waals surface area contributed by atoms with E-state index in [0.29, 0.717) is 18.9 Å². The Morgan fingerprint density at radius 3 is 2.85 bits per heavy atom. The Morgan fingerprint density at radius 2 is 2.31 bits per heavy atom. The van der Waals surface area contributed by atoms with Gasteiger partial charge in [-0.15, -0.1) is 6.58 Å². The largest absolute Gasteiger partial charge is 0.393 e. The molecule has 0 aromatic heterocycles. The highest BCUT2D eigenvalue weighted by Crippen LogP contribution is 2.25. The van der Waals surface area contributed by atoms with Crippen molar-refractivity contribution in [1.29, 1.82) is 0 Å². The van der Waals surface area contributed by atoms with Gasteiger partial charge < -0.3 is 10.4 Å². The van der Waals surface area contributed by atoms with Crippen molar-refractivity contribution in [3.63, 3.8) is 0 Å². The van der Waals surface area contributed by atoms with Crippen molar-refractivity contribution >= 4 is 5.91 Å². The lowest BCUT2D eigenvalue weighted by Crippen LogP contribution is -2.38. The van der Waals surface area contributed by atoms with E-state index in [9.17, 15) is 4.79 Å². The number of aliphatic hydroxyl groups excluding tert-OH is 1. The Kier molecular flexibility index (Phi) is 3.96. The number of rotatable bonds is 5. The van der Waals surface area contributed by atoms with Crippen molar-refractivity contribution in [2.45, 2.75) is 31.8 Å². The maximum absolute atomic E-state index is 11.1. The summed E-state index contributed by atoms with van der Waals surface area (Å²) in [7, 11) is 0. The smallest absolute Gasteiger partial charge is 0.220 e. The summed E-state index contributed by atoms with van der Waals surface area (Å²) in [5.74, 6) is 0.573. The van der Waals surface area contributed by atoms with Crippen molar-refractivity contribution in [3.8, 4) is 0 Å². The zero-order valence-electron chi connectivity index (χ0n) is 7.83. The van der Waals surface area contributed by atoms with Gasteiger partial charge >= 0.3 is 0 Å². The lowest BCUT2D eigenvalue weighted by atomic mass is 9.82. The van der Waals surface area contributed by atoms with E-state index >= 15 is 0 Å². The molecule has 0 spiro atoms. The lowest BCUT2D eigenvalue weighted by Gasteiger charge is -2.31. The third kappa shape index (κ3) is 3.59. The van der Waals surface area contributed by atoms with Gasteiger partial charge in [0.1, 0.15) is 0 Å². The first kappa shape index (κ1) is 10.3. The van der Waals surface area contributed by atoms with Gasteiger partial charge in [0.2, 0.25) is 5.91 Å². The van der Waals surface area contributed by atoms with Crippen LogP contribution in [0.1, 0.15) is 25.7 Å². The summed E-state index contributed by atoms with van der Waals surface area (Å²) in [5.41, 5.74) is 0. The molecule has 13 heavy (non-hydrogen) atoms. The molecular weight excluding hydrogens is 166 g/mol. The molecule has 1 saturated carbocycles. The summed E-state index contributed by atoms with van der Waals surface area (Å²) in [6.07, 6.45) is 4.55. The molecule has 0 aliphatic heterocycles. The molecule has 2 N–H and O–H groups in total. The minimum Gasteiger partial charge on any atom is -0.393 e. The van der Waals surface area contributed by atoms with Gasteiger partial charge in [0.05, 0.1) is 6.10 Å². The van der Waals surface area contributed by atoms with Crippen molar-refractivity contribution < 1.29 is 9.90 Å². The van der Waals surface area contributed by atoms with Crippen LogP contribution in [-0.2, 0) is 4.79 Å². The van der Waals surface area contributed by atoms with Gasteiger partial charge in [-0.3, -0.25) is 4.79 Å². The summed E-state index contributed by atoms with van der Waals surface area (Å²) >= 11 is 0. The molecule has 0 saturated heterocycles. The van der Waals surface area contributed by atoms with Gasteiger partial charge in [0, 0.05) is 13.0 Å². The molecule has 0 aromatic carbocycles. The molecule has 3 heteroatoms. The second-order valence-electron chi connectivity index (χ2n) is 3.62. The van der Waals surface area contributed by atoms with E-state index in [1.165, 1.54) is 0 Å². The number of nitrogens with one attached hydrogen (secondary N) is 1. The predicted octanol–water partition coefficient (Wildman–Crippen LogP) is 0.840. The quantitative estimate of drug-likeness (QED) is 0.620. The van der Waals surface area contributed by atoms with E-state index in [-0.39, 0.29) is 12.0 Å². The zero-order valence-corrected chi connectivity index (χ0v) is 7.83. The fourth-order valence-electron chi connectivity index (χ4n) is 1.45. The normalized spacial score (nSPS) is 26.2. The van der Waals surface area contributed by atoms with Gasteiger partial charge in [-0.05, 0) is 25.2 Å². The number of hydrogen-bond acceptors (Lipinski definition) is 2. The van der Waals surface area contributed by atoms with Gasteiger partial charge in [0.15, 0.2) is 0 Å². The number of carbonyl (C=O) groups excluding carboxylic acids is 1. The highest BCUT2D eigenvalue weighted by molar-refractivity contribution is 5.75. The van der Waals surface area contributed by atoms with E-state index in [4.69, 9.17) is 5.11 Å². The molecule has 1 amide bonds. The molecule has 0 radical (unpaired) electrons. The molecule has 0 bridgehead atoms. The summed E-state index contributed by atoms with van der Waals surface area (Å²) in [5, 5.41) is 11.8. The van der Waals surface area contributed by atoms with Crippen LogP contribution in [0.4, 0.5) is 0 Å². The Hall–Kier alpha value is -0.830. The molecular formula is C10H17NO2. The first-order valence-corrected chi connectivity index (χ1v) is 4.78. The van der Waals surface area contributed by atoms with Crippen LogP contribution in [0, 0.1) is 5.92 Å². The van der Waals surface area contributed by atoms with Gasteiger partial charge in [0.25, 0.3) is 0 Å². The third-order valence-electron chi connectivity index (χ3n) is 2.37. The minimum atomic E-state index is -0.130. The van der Waals surface area contributed by atoms with Crippen LogP contribution in [-0.4, -0.2) is 23.7 Å². The second-order valence-corrected chi connectivity index (χ2v) is 3.62. The van der Waals surface area contributed by atoms with Gasteiger partial charge in [-0.2, -0.15) is 0 Å². The first-order chi connectivity index (χ1) is 6.22. The lowest BCUT2D eigenvalue weighted by molar-refractivity contribution is -0.121. The van der Waals surface area contributed by atoms with E-state index in [0.717, 1.165) is 19.3 Å². The average Bonchev–Trinajstić information content (AvgIpc) is 2.07. The summed E-state index contributed by atoms with van der Waals surface area (Å²) in [6.45, 7) is 4.27. The molecule has 0 unspecified atom stereocenters. The monoisotopic (exact) mass is 183 g/mol. The van der Waals surface area contributed by atoms with Crippen LogP contribution < -0.4 is 5.32 Å². The topological polar surface area (TPSA) is 49.3 Å². The van der Waals surface area contributed by atoms with Crippen LogP contribution in [0.15, 0.2) is 12.7 Å². The number of amides is 1. The maximum Gasteiger partial charge on any atom is 0.220 e. The van der Waals surface area contributed by atoms with E-state index in [1.54, 1.807) is 6.08 Å². The summed E-state index contributed by atoms with van der Waals surface area (Å²) in [6, 6.07) is 0. The molecule has 1 aliphatic carbocycles. The van der Waals surface area contributed by atoms with Crippen molar-refractivity contribution in [2.75, 3.05) is 6.54 Å². The molecule has 3 nitrogen and oxygen atoms in total. The molecule has 74 valence electrons. The van der Waals surface area contributed by atoms with Crippen molar-refractivity contribution in [1.82, 2.24) is 5.32 Å².